The Morgan fingerprint density at radius 3 is 2.68 bits per heavy atom. The van der Waals surface area contributed by atoms with Crippen LogP contribution in [0.5, 0.6) is 0 Å². The lowest BCUT2D eigenvalue weighted by atomic mass is 10.1. The summed E-state index contributed by atoms with van der Waals surface area (Å²) in [6.07, 6.45) is 6.42. The molecule has 1 atom stereocenters. The van der Waals surface area contributed by atoms with Gasteiger partial charge in [-0.25, -0.2) is 8.42 Å². The number of hydrogen-bond donors (Lipinski definition) is 1. The number of piperidine rings is 1. The van der Waals surface area contributed by atoms with Crippen molar-refractivity contribution in [2.45, 2.75) is 32.2 Å². The van der Waals surface area contributed by atoms with Crippen LogP contribution in [-0.2, 0) is 10.0 Å². The summed E-state index contributed by atoms with van der Waals surface area (Å²) >= 11 is 0. The Morgan fingerprint density at radius 1 is 1.37 bits per heavy atom. The van der Waals surface area contributed by atoms with Crippen LogP contribution in [0.3, 0.4) is 0 Å². The van der Waals surface area contributed by atoms with Crippen molar-refractivity contribution in [2.75, 3.05) is 23.1 Å². The van der Waals surface area contributed by atoms with Crippen LogP contribution < -0.4 is 9.62 Å². The fourth-order valence-corrected chi connectivity index (χ4v) is 4.27. The first-order valence-corrected chi connectivity index (χ1v) is 8.38. The van der Waals surface area contributed by atoms with E-state index >= 15 is 0 Å². The fraction of sp³-hybridized carbons (Fsp3) is 0.615. The van der Waals surface area contributed by atoms with Crippen molar-refractivity contribution in [1.29, 1.82) is 0 Å². The maximum atomic E-state index is 12.5. The van der Waals surface area contributed by atoms with Gasteiger partial charge in [0.1, 0.15) is 0 Å². The molecule has 0 aromatic carbocycles. The van der Waals surface area contributed by atoms with E-state index in [-0.39, 0.29) is 11.8 Å². The monoisotopic (exact) mass is 283 g/mol. The summed E-state index contributed by atoms with van der Waals surface area (Å²) in [7, 11) is -3.28. The first-order chi connectivity index (χ1) is 9.13. The molecule has 1 fully saturated rings. The molecule has 1 aromatic heterocycles. The molecule has 1 aromatic rings. The Bertz CT molecular complexity index is 484. The predicted octanol–water partition coefficient (Wildman–Crippen LogP) is 1.38. The summed E-state index contributed by atoms with van der Waals surface area (Å²) < 4.78 is 26.5. The third-order valence-corrected chi connectivity index (χ3v) is 5.36. The summed E-state index contributed by atoms with van der Waals surface area (Å²) in [6.45, 7) is 3.22. The molecule has 19 heavy (non-hydrogen) atoms. The van der Waals surface area contributed by atoms with Gasteiger partial charge in [0.15, 0.2) is 0 Å². The lowest BCUT2D eigenvalue weighted by Gasteiger charge is -2.28. The zero-order valence-electron chi connectivity index (χ0n) is 11.2. The molecule has 0 bridgehead atoms. The summed E-state index contributed by atoms with van der Waals surface area (Å²) in [5.74, 6) is 0.170. The molecule has 1 aliphatic rings. The van der Waals surface area contributed by atoms with Gasteiger partial charge in [-0.1, -0.05) is 6.42 Å². The molecule has 0 amide bonds. The zero-order chi connectivity index (χ0) is 13.7. The Morgan fingerprint density at radius 2 is 2.11 bits per heavy atom. The van der Waals surface area contributed by atoms with Crippen LogP contribution >= 0.6 is 0 Å². The molecule has 0 aliphatic carbocycles. The highest BCUT2D eigenvalue weighted by Crippen LogP contribution is 2.19. The summed E-state index contributed by atoms with van der Waals surface area (Å²) in [5, 5.41) is 3.29. The maximum Gasteiger partial charge on any atom is 0.236 e. The third-order valence-electron chi connectivity index (χ3n) is 3.40. The molecule has 0 spiro atoms. The Kier molecular flexibility index (Phi) is 4.76. The van der Waals surface area contributed by atoms with E-state index in [1.807, 2.05) is 6.92 Å². The molecule has 0 radical (unpaired) electrons. The van der Waals surface area contributed by atoms with Crippen molar-refractivity contribution in [3.63, 3.8) is 0 Å². The molecule has 1 saturated heterocycles. The highest BCUT2D eigenvalue weighted by Gasteiger charge is 2.26. The van der Waals surface area contributed by atoms with Gasteiger partial charge in [-0.15, -0.1) is 0 Å². The molecule has 2 heterocycles. The van der Waals surface area contributed by atoms with Crippen LogP contribution in [-0.4, -0.2) is 38.3 Å². The highest BCUT2D eigenvalue weighted by molar-refractivity contribution is 7.92. The van der Waals surface area contributed by atoms with Crippen LogP contribution in [0.25, 0.3) is 0 Å². The molecule has 2 rings (SSSR count). The third kappa shape index (κ3) is 3.67. The number of pyridine rings is 1. The van der Waals surface area contributed by atoms with Crippen molar-refractivity contribution in [3.05, 3.63) is 24.5 Å². The van der Waals surface area contributed by atoms with Crippen molar-refractivity contribution >= 4 is 15.7 Å². The molecule has 106 valence electrons. The number of anilines is 1. The Hall–Kier alpha value is -1.14. The highest BCUT2D eigenvalue weighted by atomic mass is 32.2. The van der Waals surface area contributed by atoms with E-state index in [9.17, 15) is 8.42 Å². The number of nitrogens with zero attached hydrogens (tertiary/aromatic N) is 2. The smallest absolute Gasteiger partial charge is 0.236 e. The normalized spacial score (nSPS) is 20.2. The Balaban J connectivity index is 2.12. The van der Waals surface area contributed by atoms with Gasteiger partial charge >= 0.3 is 0 Å². The summed E-state index contributed by atoms with van der Waals surface area (Å²) in [4.78, 5) is 3.93. The van der Waals surface area contributed by atoms with Crippen LogP contribution in [0.1, 0.15) is 26.2 Å². The molecule has 1 aliphatic heterocycles. The van der Waals surface area contributed by atoms with E-state index in [1.54, 1.807) is 24.5 Å². The average Bonchev–Trinajstić information content (AvgIpc) is 2.41. The van der Waals surface area contributed by atoms with Crippen LogP contribution in [0.15, 0.2) is 24.5 Å². The lowest BCUT2D eigenvalue weighted by molar-refractivity contribution is 0.423. The first kappa shape index (κ1) is 14.3. The van der Waals surface area contributed by atoms with E-state index in [1.165, 1.54) is 4.31 Å². The standard InChI is InChI=1S/C13H21N3O2S/c1-2-16(13-6-9-14-10-7-13)19(17,18)11-12-5-3-4-8-15-12/h6-7,9-10,12,15H,2-5,8,11H2,1H3. The zero-order valence-corrected chi connectivity index (χ0v) is 12.1. The van der Waals surface area contributed by atoms with Gasteiger partial charge in [-0.2, -0.15) is 0 Å². The fourth-order valence-electron chi connectivity index (χ4n) is 2.46. The topological polar surface area (TPSA) is 62.3 Å². The Labute approximate surface area is 115 Å². The first-order valence-electron chi connectivity index (χ1n) is 6.77. The SMILES string of the molecule is CCN(c1ccncc1)S(=O)(=O)CC1CCCCN1. The quantitative estimate of drug-likeness (QED) is 0.887. The molecule has 6 heteroatoms. The number of sulfonamides is 1. The molecule has 1 N–H and O–H groups in total. The molecular formula is C13H21N3O2S. The van der Waals surface area contributed by atoms with Gasteiger partial charge in [0.25, 0.3) is 0 Å². The van der Waals surface area contributed by atoms with Crippen molar-refractivity contribution < 1.29 is 8.42 Å². The van der Waals surface area contributed by atoms with Gasteiger partial charge in [-0.05, 0) is 38.4 Å². The van der Waals surface area contributed by atoms with E-state index in [2.05, 4.69) is 10.3 Å². The minimum atomic E-state index is -3.28. The number of nitrogens with one attached hydrogen (secondary N) is 1. The van der Waals surface area contributed by atoms with Crippen LogP contribution in [0, 0.1) is 0 Å². The van der Waals surface area contributed by atoms with E-state index in [0.717, 1.165) is 25.8 Å². The lowest BCUT2D eigenvalue weighted by Crippen LogP contribution is -2.44. The van der Waals surface area contributed by atoms with E-state index in [0.29, 0.717) is 12.2 Å². The predicted molar refractivity (Wildman–Crippen MR) is 76.7 cm³/mol. The number of rotatable bonds is 5. The molecular weight excluding hydrogens is 262 g/mol. The van der Waals surface area contributed by atoms with E-state index in [4.69, 9.17) is 0 Å². The van der Waals surface area contributed by atoms with Gasteiger partial charge < -0.3 is 5.32 Å². The van der Waals surface area contributed by atoms with Crippen molar-refractivity contribution in [2.24, 2.45) is 0 Å². The van der Waals surface area contributed by atoms with Crippen LogP contribution in [0.2, 0.25) is 0 Å². The van der Waals surface area contributed by atoms with Gasteiger partial charge in [-0.3, -0.25) is 9.29 Å². The minimum absolute atomic E-state index is 0.0784. The maximum absolute atomic E-state index is 12.5. The molecule has 5 nitrogen and oxygen atoms in total. The molecule has 1 unspecified atom stereocenters. The second kappa shape index (κ2) is 6.34. The summed E-state index contributed by atoms with van der Waals surface area (Å²) in [5.41, 5.74) is 0.688. The van der Waals surface area contributed by atoms with Gasteiger partial charge in [0.2, 0.25) is 10.0 Å². The van der Waals surface area contributed by atoms with Gasteiger partial charge in [0.05, 0.1) is 11.4 Å². The van der Waals surface area contributed by atoms with E-state index < -0.39 is 10.0 Å². The average molecular weight is 283 g/mol. The largest absolute Gasteiger partial charge is 0.313 e. The second-order valence-electron chi connectivity index (χ2n) is 4.80. The van der Waals surface area contributed by atoms with Crippen molar-refractivity contribution in [1.82, 2.24) is 10.3 Å². The van der Waals surface area contributed by atoms with Gasteiger partial charge in [0, 0.05) is 25.0 Å². The number of hydrogen-bond acceptors (Lipinski definition) is 4. The summed E-state index contributed by atoms with van der Waals surface area (Å²) in [6, 6.07) is 3.54. The second-order valence-corrected chi connectivity index (χ2v) is 6.73. The van der Waals surface area contributed by atoms with Crippen molar-refractivity contribution in [3.8, 4) is 0 Å². The molecule has 0 saturated carbocycles. The van der Waals surface area contributed by atoms with Crippen LogP contribution in [0.4, 0.5) is 5.69 Å². The minimum Gasteiger partial charge on any atom is -0.313 e. The number of aromatic nitrogens is 1.